The van der Waals surface area contributed by atoms with Crippen LogP contribution in [0.2, 0.25) is 0 Å². The van der Waals surface area contributed by atoms with Gasteiger partial charge in [0.2, 0.25) is 0 Å². The van der Waals surface area contributed by atoms with E-state index >= 15 is 0 Å². The minimum atomic E-state index is -0.657. The Morgan fingerprint density at radius 3 is 2.62 bits per heavy atom. The number of hydrogen-bond donors (Lipinski definition) is 0. The van der Waals surface area contributed by atoms with Gasteiger partial charge in [0.1, 0.15) is 25.6 Å². The molecule has 0 unspecified atom stereocenters. The van der Waals surface area contributed by atoms with Crippen molar-refractivity contribution in [3.63, 3.8) is 0 Å². The average molecular weight is 401 g/mol. The minimum Gasteiger partial charge on any atom is -0.493 e. The normalized spacial score (nSPS) is 11.4. The van der Waals surface area contributed by atoms with Crippen molar-refractivity contribution in [2.45, 2.75) is 34.0 Å². The molecule has 10 heteroatoms. The molecule has 3 rings (SSSR count). The smallest absolute Gasteiger partial charge is 0.312 e. The molecule has 0 bridgehead atoms. The molecule has 0 aliphatic heterocycles. The van der Waals surface area contributed by atoms with E-state index in [2.05, 4.69) is 15.1 Å². The Morgan fingerprint density at radius 2 is 1.97 bits per heavy atom. The molecular weight excluding hydrogens is 378 g/mol. The second-order valence-corrected chi connectivity index (χ2v) is 7.36. The highest BCUT2D eigenvalue weighted by atomic mass is 16.5. The van der Waals surface area contributed by atoms with Crippen LogP contribution in [0.3, 0.4) is 0 Å². The second kappa shape index (κ2) is 8.29. The molecule has 0 amide bonds. The van der Waals surface area contributed by atoms with E-state index in [1.165, 1.54) is 24.3 Å². The number of esters is 1. The van der Waals surface area contributed by atoms with E-state index in [9.17, 15) is 9.59 Å². The van der Waals surface area contributed by atoms with Crippen LogP contribution < -0.4 is 15.0 Å². The molecule has 0 aliphatic rings. The van der Waals surface area contributed by atoms with E-state index in [4.69, 9.17) is 14.2 Å². The van der Waals surface area contributed by atoms with Crippen LogP contribution in [-0.4, -0.2) is 44.0 Å². The van der Waals surface area contributed by atoms with Crippen LogP contribution in [0.4, 0.5) is 0 Å². The van der Waals surface area contributed by atoms with Crippen LogP contribution in [-0.2, 0) is 22.8 Å². The molecule has 154 valence electrons. The van der Waals surface area contributed by atoms with Gasteiger partial charge in [-0.3, -0.25) is 14.2 Å². The molecule has 0 atom stereocenters. The van der Waals surface area contributed by atoms with Crippen molar-refractivity contribution < 1.29 is 19.0 Å². The Balaban J connectivity index is 1.80. The molecule has 0 fully saturated rings. The number of carbonyl (C=O) groups is 1. The van der Waals surface area contributed by atoms with Crippen molar-refractivity contribution in [2.24, 2.45) is 5.41 Å². The van der Waals surface area contributed by atoms with Crippen molar-refractivity contribution in [2.75, 3.05) is 13.7 Å². The molecule has 0 N–H and O–H groups in total. The van der Waals surface area contributed by atoms with E-state index in [1.807, 2.05) is 0 Å². The third-order valence-electron chi connectivity index (χ3n) is 4.10. The number of benzene rings is 1. The fraction of sp³-hybridized carbons (Fsp3) is 0.421. The first-order chi connectivity index (χ1) is 13.8. The van der Waals surface area contributed by atoms with Gasteiger partial charge in [0.25, 0.3) is 5.56 Å². The summed E-state index contributed by atoms with van der Waals surface area (Å²) in [5, 5.41) is 4.34. The average Bonchev–Trinajstić information content (AvgIpc) is 3.19. The molecule has 0 saturated heterocycles. The number of fused-ring (bicyclic) bond motifs is 1. The molecule has 2 heterocycles. The first-order valence-electron chi connectivity index (χ1n) is 8.99. The monoisotopic (exact) mass is 401 g/mol. The second-order valence-electron chi connectivity index (χ2n) is 7.36. The third-order valence-corrected chi connectivity index (χ3v) is 4.10. The summed E-state index contributed by atoms with van der Waals surface area (Å²) in [7, 11) is 1.49. The topological polar surface area (TPSA) is 110 Å². The van der Waals surface area contributed by atoms with Gasteiger partial charge in [0.15, 0.2) is 18.2 Å². The van der Waals surface area contributed by atoms with Crippen LogP contribution in [0.25, 0.3) is 10.9 Å². The first-order valence-corrected chi connectivity index (χ1v) is 8.99. The summed E-state index contributed by atoms with van der Waals surface area (Å²) in [4.78, 5) is 32.9. The predicted molar refractivity (Wildman–Crippen MR) is 104 cm³/mol. The largest absolute Gasteiger partial charge is 0.493 e. The zero-order valence-electron chi connectivity index (χ0n) is 16.8. The molecule has 29 heavy (non-hydrogen) atoms. The molecule has 0 aliphatic carbocycles. The Hall–Kier alpha value is -3.43. The maximum atomic E-state index is 12.8. The maximum Gasteiger partial charge on any atom is 0.312 e. The van der Waals surface area contributed by atoms with Gasteiger partial charge in [-0.2, -0.15) is 5.10 Å². The fourth-order valence-electron chi connectivity index (χ4n) is 2.47. The van der Waals surface area contributed by atoms with Gasteiger partial charge in [0, 0.05) is 6.07 Å². The van der Waals surface area contributed by atoms with Gasteiger partial charge in [-0.05, 0) is 26.8 Å². The SMILES string of the molecule is COc1cc2c(=O)n(COC(=O)C(C)(C)C)cnc2cc1OCCn1cncn1. The summed E-state index contributed by atoms with van der Waals surface area (Å²) >= 11 is 0. The van der Waals surface area contributed by atoms with Gasteiger partial charge in [-0.25, -0.2) is 14.6 Å². The third kappa shape index (κ3) is 4.71. The van der Waals surface area contributed by atoms with E-state index in [0.29, 0.717) is 35.6 Å². The zero-order chi connectivity index (χ0) is 21.0. The first kappa shape index (κ1) is 20.3. The molecule has 2 aromatic heterocycles. The van der Waals surface area contributed by atoms with Crippen LogP contribution >= 0.6 is 0 Å². The van der Waals surface area contributed by atoms with Crippen molar-refractivity contribution >= 4 is 16.9 Å². The lowest BCUT2D eigenvalue weighted by Gasteiger charge is -2.17. The fourth-order valence-corrected chi connectivity index (χ4v) is 2.47. The number of methoxy groups -OCH3 is 1. The Morgan fingerprint density at radius 1 is 1.17 bits per heavy atom. The van der Waals surface area contributed by atoms with Gasteiger partial charge < -0.3 is 14.2 Å². The van der Waals surface area contributed by atoms with E-state index in [0.717, 1.165) is 0 Å². The maximum absolute atomic E-state index is 12.8. The highest BCUT2D eigenvalue weighted by molar-refractivity contribution is 5.81. The lowest BCUT2D eigenvalue weighted by molar-refractivity contribution is -0.157. The van der Waals surface area contributed by atoms with Gasteiger partial charge in [-0.15, -0.1) is 0 Å². The summed E-state index contributed by atoms with van der Waals surface area (Å²) in [6.45, 7) is 5.86. The molecule has 0 spiro atoms. The number of ether oxygens (including phenoxy) is 3. The number of aromatic nitrogens is 5. The highest BCUT2D eigenvalue weighted by Gasteiger charge is 2.23. The van der Waals surface area contributed by atoms with E-state index in [1.54, 1.807) is 43.9 Å². The molecular formula is C19H23N5O5. The van der Waals surface area contributed by atoms with Crippen LogP contribution in [0.5, 0.6) is 11.5 Å². The Kier molecular flexibility index (Phi) is 5.81. The molecule has 0 saturated carbocycles. The predicted octanol–water partition coefficient (Wildman–Crippen LogP) is 1.62. The van der Waals surface area contributed by atoms with Crippen molar-refractivity contribution in [1.29, 1.82) is 0 Å². The highest BCUT2D eigenvalue weighted by Crippen LogP contribution is 2.30. The standard InChI is InChI=1S/C19H23N5O5/c1-19(2,3)18(26)29-12-23-11-21-14-8-16(15(27-4)7-13(14)17(23)25)28-6-5-24-10-20-9-22-24/h7-11H,5-6,12H2,1-4H3. The quantitative estimate of drug-likeness (QED) is 0.549. The number of carbonyl (C=O) groups excluding carboxylic acids is 1. The van der Waals surface area contributed by atoms with Gasteiger partial charge >= 0.3 is 5.97 Å². The van der Waals surface area contributed by atoms with Crippen LogP contribution in [0.15, 0.2) is 35.9 Å². The Labute approximate surface area is 167 Å². The Bertz CT molecular complexity index is 1050. The minimum absolute atomic E-state index is 0.212. The van der Waals surface area contributed by atoms with Crippen LogP contribution in [0, 0.1) is 5.41 Å². The van der Waals surface area contributed by atoms with Gasteiger partial charge in [-0.1, -0.05) is 0 Å². The summed E-state index contributed by atoms with van der Waals surface area (Å²) in [5.41, 5.74) is -0.551. The summed E-state index contributed by atoms with van der Waals surface area (Å²) < 4.78 is 19.2. The lowest BCUT2D eigenvalue weighted by Crippen LogP contribution is -2.28. The van der Waals surface area contributed by atoms with Gasteiger partial charge in [0.05, 0.1) is 30.0 Å². The molecule has 10 nitrogen and oxygen atoms in total. The van der Waals surface area contributed by atoms with E-state index in [-0.39, 0.29) is 12.3 Å². The lowest BCUT2D eigenvalue weighted by atomic mass is 9.98. The zero-order valence-corrected chi connectivity index (χ0v) is 16.8. The molecule has 3 aromatic rings. The van der Waals surface area contributed by atoms with Crippen molar-refractivity contribution in [3.8, 4) is 11.5 Å². The summed E-state index contributed by atoms with van der Waals surface area (Å²) in [6, 6.07) is 3.21. The summed E-state index contributed by atoms with van der Waals surface area (Å²) in [5.74, 6) is 0.460. The molecule has 0 radical (unpaired) electrons. The van der Waals surface area contributed by atoms with Crippen molar-refractivity contribution in [3.05, 3.63) is 41.5 Å². The van der Waals surface area contributed by atoms with Crippen molar-refractivity contribution in [1.82, 2.24) is 24.3 Å². The number of hydrogen-bond acceptors (Lipinski definition) is 8. The summed E-state index contributed by atoms with van der Waals surface area (Å²) in [6.07, 6.45) is 4.38. The van der Waals surface area contributed by atoms with Crippen LogP contribution in [0.1, 0.15) is 20.8 Å². The number of rotatable bonds is 7. The molecule has 1 aromatic carbocycles. The number of nitrogens with zero attached hydrogens (tertiary/aromatic N) is 5. The van der Waals surface area contributed by atoms with E-state index < -0.39 is 11.4 Å².